The van der Waals surface area contributed by atoms with Crippen LogP contribution in [0.5, 0.6) is 0 Å². The third-order valence-electron chi connectivity index (χ3n) is 4.85. The van der Waals surface area contributed by atoms with Gasteiger partial charge < -0.3 is 5.32 Å². The smallest absolute Gasteiger partial charge is 0.00100 e. The Kier molecular flexibility index (Phi) is 1.76. The largest absolute Gasteiger partial charge is 0.319 e. The van der Waals surface area contributed by atoms with Crippen molar-refractivity contribution in [2.45, 2.75) is 39.5 Å². The summed E-state index contributed by atoms with van der Waals surface area (Å²) in [7, 11) is 2.09. The Morgan fingerprint density at radius 3 is 2.17 bits per heavy atom. The van der Waals surface area contributed by atoms with Crippen molar-refractivity contribution in [3.63, 3.8) is 0 Å². The van der Waals surface area contributed by atoms with Crippen molar-refractivity contribution < 1.29 is 0 Å². The van der Waals surface area contributed by atoms with E-state index in [2.05, 4.69) is 26.2 Å². The average molecular weight is 167 g/mol. The van der Waals surface area contributed by atoms with Crippen molar-refractivity contribution in [3.8, 4) is 0 Å². The first-order chi connectivity index (χ1) is 5.62. The maximum atomic E-state index is 3.38. The Morgan fingerprint density at radius 1 is 1.25 bits per heavy atom. The van der Waals surface area contributed by atoms with E-state index in [0.29, 0.717) is 10.8 Å². The fraction of sp³-hybridized carbons (Fsp3) is 1.00. The molecule has 0 atom stereocenters. The molecular formula is C11H21N. The molecule has 0 heterocycles. The van der Waals surface area contributed by atoms with Gasteiger partial charge >= 0.3 is 0 Å². The SMILES string of the molecule is CNCC12CCC(CC1)C2(C)C. The van der Waals surface area contributed by atoms with Crippen molar-refractivity contribution in [1.29, 1.82) is 0 Å². The lowest BCUT2D eigenvalue weighted by molar-refractivity contribution is 0.128. The van der Waals surface area contributed by atoms with Crippen molar-refractivity contribution in [3.05, 3.63) is 0 Å². The number of fused-ring (bicyclic) bond motifs is 2. The number of hydrogen-bond donors (Lipinski definition) is 1. The second-order valence-electron chi connectivity index (χ2n) is 5.31. The Hall–Kier alpha value is -0.0400. The molecule has 2 bridgehead atoms. The first kappa shape index (κ1) is 8.55. The van der Waals surface area contributed by atoms with Gasteiger partial charge in [0.05, 0.1) is 0 Å². The van der Waals surface area contributed by atoms with Gasteiger partial charge in [-0.2, -0.15) is 0 Å². The first-order valence-electron chi connectivity index (χ1n) is 5.27. The molecule has 1 N–H and O–H groups in total. The van der Waals surface area contributed by atoms with Crippen molar-refractivity contribution >= 4 is 0 Å². The summed E-state index contributed by atoms with van der Waals surface area (Å²) in [6, 6.07) is 0. The highest BCUT2D eigenvalue weighted by atomic mass is 14.9. The molecule has 0 aliphatic heterocycles. The topological polar surface area (TPSA) is 12.0 Å². The Morgan fingerprint density at radius 2 is 1.83 bits per heavy atom. The lowest BCUT2D eigenvalue weighted by Gasteiger charge is -2.38. The molecule has 2 saturated carbocycles. The quantitative estimate of drug-likeness (QED) is 0.666. The molecule has 0 amide bonds. The highest BCUT2D eigenvalue weighted by Gasteiger charge is 2.57. The van der Waals surface area contributed by atoms with E-state index in [9.17, 15) is 0 Å². The molecule has 1 heteroatoms. The van der Waals surface area contributed by atoms with Crippen LogP contribution in [-0.4, -0.2) is 13.6 Å². The maximum Gasteiger partial charge on any atom is 0.00100 e. The van der Waals surface area contributed by atoms with E-state index in [1.807, 2.05) is 0 Å². The lowest BCUT2D eigenvalue weighted by atomic mass is 9.69. The Bertz CT molecular complexity index is 175. The highest BCUT2D eigenvalue weighted by Crippen LogP contribution is 2.65. The summed E-state index contributed by atoms with van der Waals surface area (Å²) in [6.07, 6.45) is 5.89. The van der Waals surface area contributed by atoms with Crippen molar-refractivity contribution in [1.82, 2.24) is 5.32 Å². The average Bonchev–Trinajstić information content (AvgIpc) is 2.39. The molecule has 0 aromatic rings. The van der Waals surface area contributed by atoms with Crippen LogP contribution in [0.1, 0.15) is 39.5 Å². The zero-order valence-corrected chi connectivity index (χ0v) is 8.61. The van der Waals surface area contributed by atoms with Crippen LogP contribution in [0.25, 0.3) is 0 Å². The van der Waals surface area contributed by atoms with Gasteiger partial charge in [-0.25, -0.2) is 0 Å². The molecule has 0 saturated heterocycles. The molecule has 2 rings (SSSR count). The molecule has 2 aliphatic carbocycles. The van der Waals surface area contributed by atoms with Crippen LogP contribution in [-0.2, 0) is 0 Å². The fourth-order valence-corrected chi connectivity index (χ4v) is 3.71. The predicted octanol–water partition coefficient (Wildman–Crippen LogP) is 2.42. The fourth-order valence-electron chi connectivity index (χ4n) is 3.71. The second kappa shape index (κ2) is 2.47. The number of rotatable bonds is 2. The molecule has 1 nitrogen and oxygen atoms in total. The molecular weight excluding hydrogens is 146 g/mol. The van der Waals surface area contributed by atoms with E-state index in [4.69, 9.17) is 0 Å². The van der Waals surface area contributed by atoms with Gasteiger partial charge in [-0.1, -0.05) is 13.8 Å². The minimum Gasteiger partial charge on any atom is -0.319 e. The molecule has 0 aromatic heterocycles. The van der Waals surface area contributed by atoms with Crippen LogP contribution in [0, 0.1) is 16.7 Å². The summed E-state index contributed by atoms with van der Waals surface area (Å²) in [5.41, 5.74) is 1.25. The molecule has 2 fully saturated rings. The number of hydrogen-bond acceptors (Lipinski definition) is 1. The third-order valence-corrected chi connectivity index (χ3v) is 4.85. The first-order valence-corrected chi connectivity index (χ1v) is 5.27. The van der Waals surface area contributed by atoms with Crippen LogP contribution in [0.2, 0.25) is 0 Å². The Labute approximate surface area is 75.9 Å². The molecule has 0 aromatic carbocycles. The van der Waals surface area contributed by atoms with Gasteiger partial charge in [0.15, 0.2) is 0 Å². The molecule has 70 valence electrons. The van der Waals surface area contributed by atoms with E-state index in [1.165, 1.54) is 32.2 Å². The summed E-state index contributed by atoms with van der Waals surface area (Å²) in [5, 5.41) is 3.38. The lowest BCUT2D eigenvalue weighted by Crippen LogP contribution is -2.38. The van der Waals surface area contributed by atoms with Gasteiger partial charge in [0, 0.05) is 6.54 Å². The van der Waals surface area contributed by atoms with E-state index < -0.39 is 0 Å². The van der Waals surface area contributed by atoms with Gasteiger partial charge in [-0.05, 0) is 49.5 Å². The van der Waals surface area contributed by atoms with Crippen LogP contribution in [0.4, 0.5) is 0 Å². The molecule has 0 unspecified atom stereocenters. The van der Waals surface area contributed by atoms with Crippen LogP contribution in [0.3, 0.4) is 0 Å². The summed E-state index contributed by atoms with van der Waals surface area (Å²) in [4.78, 5) is 0. The van der Waals surface area contributed by atoms with Gasteiger partial charge in [0.25, 0.3) is 0 Å². The van der Waals surface area contributed by atoms with Gasteiger partial charge in [-0.3, -0.25) is 0 Å². The van der Waals surface area contributed by atoms with Gasteiger partial charge in [0.1, 0.15) is 0 Å². The van der Waals surface area contributed by atoms with E-state index in [0.717, 1.165) is 5.92 Å². The summed E-state index contributed by atoms with van der Waals surface area (Å²) < 4.78 is 0. The van der Waals surface area contributed by atoms with E-state index in [-0.39, 0.29) is 0 Å². The molecule has 0 spiro atoms. The van der Waals surface area contributed by atoms with Gasteiger partial charge in [0.2, 0.25) is 0 Å². The standard InChI is InChI=1S/C11H21N/c1-10(2)9-4-6-11(10,7-5-9)8-12-3/h9,12H,4-8H2,1-3H3. The normalized spacial score (nSPS) is 43.8. The van der Waals surface area contributed by atoms with E-state index >= 15 is 0 Å². The maximum absolute atomic E-state index is 3.38. The summed E-state index contributed by atoms with van der Waals surface area (Å²) in [6.45, 7) is 6.19. The highest BCUT2D eigenvalue weighted by molar-refractivity contribution is 5.08. The zero-order valence-electron chi connectivity index (χ0n) is 8.61. The van der Waals surface area contributed by atoms with Crippen molar-refractivity contribution in [2.75, 3.05) is 13.6 Å². The second-order valence-corrected chi connectivity index (χ2v) is 5.31. The molecule has 12 heavy (non-hydrogen) atoms. The van der Waals surface area contributed by atoms with Crippen LogP contribution >= 0.6 is 0 Å². The Balaban J connectivity index is 2.24. The summed E-state index contributed by atoms with van der Waals surface area (Å²) in [5.74, 6) is 1.02. The van der Waals surface area contributed by atoms with Crippen LogP contribution in [0.15, 0.2) is 0 Å². The van der Waals surface area contributed by atoms with Crippen LogP contribution < -0.4 is 5.32 Å². The third kappa shape index (κ3) is 0.834. The van der Waals surface area contributed by atoms with E-state index in [1.54, 1.807) is 0 Å². The number of nitrogens with one attached hydrogen (secondary N) is 1. The van der Waals surface area contributed by atoms with Crippen molar-refractivity contribution in [2.24, 2.45) is 16.7 Å². The monoisotopic (exact) mass is 167 g/mol. The minimum absolute atomic E-state index is 0.607. The van der Waals surface area contributed by atoms with Gasteiger partial charge in [-0.15, -0.1) is 0 Å². The summed E-state index contributed by atoms with van der Waals surface area (Å²) >= 11 is 0. The molecule has 2 aliphatic rings. The minimum atomic E-state index is 0.607. The molecule has 0 radical (unpaired) electrons. The predicted molar refractivity (Wildman–Crippen MR) is 52.1 cm³/mol. The zero-order chi connectivity index (χ0) is 8.82.